The standard InChI is InChI=1S/C24H23N5O3/c1-25-22-19-12-16(9-10-20(19)27-15-28-22)13-26-23(31)18-8-5-11-29(24(18)32)21(14-30)17-6-3-2-4-7-17/h2-12,15,21,30H,13-14H2,1H3,(H,26,31)(H,25,27,28)/t21-/m1/s1. The van der Waals surface area contributed by atoms with Gasteiger partial charge in [-0.05, 0) is 35.4 Å². The van der Waals surface area contributed by atoms with Crippen molar-refractivity contribution in [2.75, 3.05) is 19.0 Å². The number of aliphatic hydroxyl groups excluding tert-OH is 1. The second-order valence-corrected chi connectivity index (χ2v) is 7.25. The van der Waals surface area contributed by atoms with Crippen LogP contribution in [0.15, 0.2) is 78.0 Å². The van der Waals surface area contributed by atoms with Crippen molar-refractivity contribution in [2.24, 2.45) is 0 Å². The average Bonchev–Trinajstić information content (AvgIpc) is 2.84. The number of nitrogens with one attached hydrogen (secondary N) is 2. The van der Waals surface area contributed by atoms with Crippen LogP contribution < -0.4 is 16.2 Å². The molecule has 162 valence electrons. The fourth-order valence-electron chi connectivity index (χ4n) is 3.65. The number of carbonyl (C=O) groups is 1. The van der Waals surface area contributed by atoms with Gasteiger partial charge in [0.2, 0.25) is 0 Å². The zero-order chi connectivity index (χ0) is 22.5. The van der Waals surface area contributed by atoms with Crippen LogP contribution in [0.4, 0.5) is 5.82 Å². The molecule has 0 saturated carbocycles. The van der Waals surface area contributed by atoms with Crippen molar-refractivity contribution in [1.29, 1.82) is 0 Å². The molecule has 3 N–H and O–H groups in total. The highest BCUT2D eigenvalue weighted by atomic mass is 16.3. The van der Waals surface area contributed by atoms with E-state index in [1.165, 1.54) is 17.0 Å². The molecule has 4 rings (SSSR count). The van der Waals surface area contributed by atoms with Crippen LogP contribution in [0.2, 0.25) is 0 Å². The van der Waals surface area contributed by atoms with Gasteiger partial charge in [0.15, 0.2) is 0 Å². The molecule has 0 radical (unpaired) electrons. The number of carbonyl (C=O) groups excluding carboxylic acids is 1. The summed E-state index contributed by atoms with van der Waals surface area (Å²) in [4.78, 5) is 34.3. The van der Waals surface area contributed by atoms with Gasteiger partial charge >= 0.3 is 0 Å². The Balaban J connectivity index is 1.56. The van der Waals surface area contributed by atoms with Gasteiger partial charge in [-0.15, -0.1) is 0 Å². The van der Waals surface area contributed by atoms with Crippen molar-refractivity contribution in [1.82, 2.24) is 19.9 Å². The Morgan fingerprint density at radius 1 is 1.09 bits per heavy atom. The lowest BCUT2D eigenvalue weighted by Gasteiger charge is -2.18. The number of rotatable bonds is 7. The number of aromatic nitrogens is 3. The molecule has 2 aromatic heterocycles. The minimum atomic E-state index is -0.572. The zero-order valence-corrected chi connectivity index (χ0v) is 17.5. The molecule has 8 heteroatoms. The molecule has 0 spiro atoms. The Morgan fingerprint density at radius 2 is 1.91 bits per heavy atom. The summed E-state index contributed by atoms with van der Waals surface area (Å²) in [6.07, 6.45) is 3.07. The number of aliphatic hydroxyl groups is 1. The monoisotopic (exact) mass is 429 g/mol. The molecule has 8 nitrogen and oxygen atoms in total. The van der Waals surface area contributed by atoms with Crippen molar-refractivity contribution in [3.63, 3.8) is 0 Å². The van der Waals surface area contributed by atoms with E-state index < -0.39 is 17.5 Å². The quantitative estimate of drug-likeness (QED) is 0.416. The smallest absolute Gasteiger partial charge is 0.264 e. The van der Waals surface area contributed by atoms with Gasteiger partial charge in [0, 0.05) is 25.2 Å². The number of hydrogen-bond acceptors (Lipinski definition) is 6. The Hall–Kier alpha value is -4.04. The Bertz CT molecular complexity index is 1300. The van der Waals surface area contributed by atoms with Crippen molar-refractivity contribution in [3.05, 3.63) is 100 Å². The molecule has 0 aliphatic carbocycles. The molecule has 1 amide bonds. The van der Waals surface area contributed by atoms with Crippen LogP contribution in [0.25, 0.3) is 10.9 Å². The second-order valence-electron chi connectivity index (χ2n) is 7.25. The molecule has 1 atom stereocenters. The zero-order valence-electron chi connectivity index (χ0n) is 17.5. The summed E-state index contributed by atoms with van der Waals surface area (Å²) in [7, 11) is 1.78. The molecule has 0 aliphatic heterocycles. The predicted octanol–water partition coefficient (Wildman–Crippen LogP) is 2.34. The van der Waals surface area contributed by atoms with Gasteiger partial charge in [0.25, 0.3) is 11.5 Å². The van der Waals surface area contributed by atoms with E-state index in [9.17, 15) is 14.7 Å². The molecule has 0 bridgehead atoms. The number of anilines is 1. The third kappa shape index (κ3) is 4.21. The first kappa shape index (κ1) is 21.2. The second kappa shape index (κ2) is 9.40. The third-order valence-corrected chi connectivity index (χ3v) is 5.30. The predicted molar refractivity (Wildman–Crippen MR) is 123 cm³/mol. The van der Waals surface area contributed by atoms with Crippen molar-refractivity contribution in [2.45, 2.75) is 12.6 Å². The minimum absolute atomic E-state index is 0.0157. The number of hydrogen-bond donors (Lipinski definition) is 3. The van der Waals surface area contributed by atoms with E-state index in [0.717, 1.165) is 22.0 Å². The lowest BCUT2D eigenvalue weighted by Crippen LogP contribution is -2.35. The molecule has 0 unspecified atom stereocenters. The maximum absolute atomic E-state index is 13.0. The molecule has 32 heavy (non-hydrogen) atoms. The van der Waals surface area contributed by atoms with Crippen LogP contribution in [0.5, 0.6) is 0 Å². The molecule has 0 aliphatic rings. The van der Waals surface area contributed by atoms with Crippen LogP contribution in [-0.4, -0.2) is 39.2 Å². The lowest BCUT2D eigenvalue weighted by molar-refractivity contribution is 0.0948. The molecule has 0 fully saturated rings. The van der Waals surface area contributed by atoms with E-state index in [0.29, 0.717) is 5.82 Å². The Labute approximate surface area is 184 Å². The molecule has 2 aromatic carbocycles. The van der Waals surface area contributed by atoms with E-state index in [4.69, 9.17) is 0 Å². The van der Waals surface area contributed by atoms with Gasteiger partial charge in [0.1, 0.15) is 17.7 Å². The maximum atomic E-state index is 13.0. The third-order valence-electron chi connectivity index (χ3n) is 5.30. The average molecular weight is 429 g/mol. The highest BCUT2D eigenvalue weighted by Gasteiger charge is 2.18. The van der Waals surface area contributed by atoms with E-state index in [1.54, 1.807) is 19.3 Å². The normalized spacial score (nSPS) is 11.8. The van der Waals surface area contributed by atoms with Crippen molar-refractivity contribution >= 4 is 22.6 Å². The van der Waals surface area contributed by atoms with Crippen molar-refractivity contribution < 1.29 is 9.90 Å². The van der Waals surface area contributed by atoms with E-state index in [-0.39, 0.29) is 18.7 Å². The van der Waals surface area contributed by atoms with Gasteiger partial charge in [-0.25, -0.2) is 9.97 Å². The van der Waals surface area contributed by atoms with E-state index in [2.05, 4.69) is 20.6 Å². The van der Waals surface area contributed by atoms with Crippen LogP contribution in [-0.2, 0) is 6.54 Å². The fraction of sp³-hybridized carbons (Fsp3) is 0.167. The Kier molecular flexibility index (Phi) is 6.23. The topological polar surface area (TPSA) is 109 Å². The fourth-order valence-corrected chi connectivity index (χ4v) is 3.65. The van der Waals surface area contributed by atoms with Gasteiger partial charge in [0.05, 0.1) is 18.2 Å². The molecular weight excluding hydrogens is 406 g/mol. The summed E-state index contributed by atoms with van der Waals surface area (Å²) in [6, 6.07) is 17.4. The van der Waals surface area contributed by atoms with Gasteiger partial charge in [-0.2, -0.15) is 0 Å². The summed E-state index contributed by atoms with van der Waals surface area (Å²) in [5.74, 6) is 0.220. The first-order chi connectivity index (χ1) is 15.6. The van der Waals surface area contributed by atoms with Crippen molar-refractivity contribution in [3.8, 4) is 0 Å². The number of pyridine rings is 1. The van der Waals surface area contributed by atoms with E-state index in [1.807, 2.05) is 48.5 Å². The lowest BCUT2D eigenvalue weighted by atomic mass is 10.1. The summed E-state index contributed by atoms with van der Waals surface area (Å²) in [6.45, 7) is -0.0226. The van der Waals surface area contributed by atoms with E-state index >= 15 is 0 Å². The maximum Gasteiger partial charge on any atom is 0.264 e. The van der Waals surface area contributed by atoms with Crippen LogP contribution in [0, 0.1) is 0 Å². The van der Waals surface area contributed by atoms with Gasteiger partial charge < -0.3 is 20.3 Å². The summed E-state index contributed by atoms with van der Waals surface area (Å²) in [5, 5.41) is 16.6. The molecule has 2 heterocycles. The number of benzene rings is 2. The number of fused-ring (bicyclic) bond motifs is 1. The first-order valence-corrected chi connectivity index (χ1v) is 10.2. The molecular formula is C24H23N5O3. The van der Waals surface area contributed by atoms with Gasteiger partial charge in [-0.3, -0.25) is 9.59 Å². The summed E-state index contributed by atoms with van der Waals surface area (Å²) in [5.41, 5.74) is 1.99. The minimum Gasteiger partial charge on any atom is -0.394 e. The summed E-state index contributed by atoms with van der Waals surface area (Å²) < 4.78 is 1.39. The SMILES string of the molecule is CNc1ncnc2ccc(CNC(=O)c3cccn([C@H](CO)c4ccccc4)c3=O)cc12. The largest absolute Gasteiger partial charge is 0.394 e. The van der Waals surface area contributed by atoms with Crippen LogP contribution in [0.3, 0.4) is 0 Å². The number of amides is 1. The Morgan fingerprint density at radius 3 is 2.66 bits per heavy atom. The highest BCUT2D eigenvalue weighted by Crippen LogP contribution is 2.20. The number of nitrogens with zero attached hydrogens (tertiary/aromatic N) is 3. The highest BCUT2D eigenvalue weighted by molar-refractivity contribution is 5.94. The van der Waals surface area contributed by atoms with Gasteiger partial charge in [-0.1, -0.05) is 36.4 Å². The van der Waals surface area contributed by atoms with Crippen LogP contribution >= 0.6 is 0 Å². The molecule has 0 saturated heterocycles. The molecule has 4 aromatic rings. The first-order valence-electron chi connectivity index (χ1n) is 10.2. The summed E-state index contributed by atoms with van der Waals surface area (Å²) >= 11 is 0. The van der Waals surface area contributed by atoms with Crippen LogP contribution in [0.1, 0.15) is 27.5 Å².